The van der Waals surface area contributed by atoms with Crippen LogP contribution in [-0.4, -0.2) is 20.4 Å². The lowest BCUT2D eigenvalue weighted by molar-refractivity contribution is 1.02. The summed E-state index contributed by atoms with van der Waals surface area (Å²) in [6.07, 6.45) is 0. The SMILES string of the molecule is c1cc2c(c(-c3c(N4N=N4)c4nnc4c4nnc34)c1)N=N2. The van der Waals surface area contributed by atoms with Gasteiger partial charge in [0.15, 0.2) is 0 Å². The minimum Gasteiger partial charge on any atom is -0.148 e. The summed E-state index contributed by atoms with van der Waals surface area (Å²) in [4.78, 5) is 0. The van der Waals surface area contributed by atoms with Crippen LogP contribution in [-0.2, 0) is 0 Å². The van der Waals surface area contributed by atoms with Gasteiger partial charge in [-0.15, -0.1) is 35.7 Å². The van der Waals surface area contributed by atoms with Crippen molar-refractivity contribution in [3.8, 4) is 11.1 Å². The lowest BCUT2D eigenvalue weighted by Gasteiger charge is -2.18. The zero-order valence-corrected chi connectivity index (χ0v) is 10.3. The van der Waals surface area contributed by atoms with Crippen LogP contribution in [0.1, 0.15) is 0 Å². The quantitative estimate of drug-likeness (QED) is 0.491. The highest BCUT2D eigenvalue weighted by molar-refractivity contribution is 6.18. The number of nitrogens with zero attached hydrogens (tertiary/aromatic N) is 9. The Kier molecular flexibility index (Phi) is 1.30. The van der Waals surface area contributed by atoms with Crippen LogP contribution in [0.4, 0.5) is 17.1 Å². The summed E-state index contributed by atoms with van der Waals surface area (Å²) in [6.45, 7) is 0. The zero-order chi connectivity index (χ0) is 13.6. The largest absolute Gasteiger partial charge is 0.148 e. The van der Waals surface area contributed by atoms with E-state index in [0.717, 1.165) is 50.3 Å². The molecule has 96 valence electrons. The highest BCUT2D eigenvalue weighted by Crippen LogP contribution is 2.52. The number of anilines is 1. The van der Waals surface area contributed by atoms with Crippen LogP contribution < -0.4 is 5.12 Å². The van der Waals surface area contributed by atoms with Gasteiger partial charge in [-0.3, -0.25) is 0 Å². The van der Waals surface area contributed by atoms with Gasteiger partial charge in [-0.1, -0.05) is 12.1 Å². The van der Waals surface area contributed by atoms with Crippen LogP contribution in [0.2, 0.25) is 0 Å². The smallest absolute Gasteiger partial charge is 0.145 e. The van der Waals surface area contributed by atoms with E-state index >= 15 is 0 Å². The number of azo groups is 1. The maximum absolute atomic E-state index is 4.15. The Morgan fingerprint density at radius 3 is 2.14 bits per heavy atom. The molecule has 9 nitrogen and oxygen atoms in total. The van der Waals surface area contributed by atoms with E-state index in [-0.39, 0.29) is 0 Å². The summed E-state index contributed by atoms with van der Waals surface area (Å²) < 4.78 is 0. The minimum absolute atomic E-state index is 0.751. The van der Waals surface area contributed by atoms with Crippen molar-refractivity contribution >= 4 is 39.1 Å². The Morgan fingerprint density at radius 2 is 1.52 bits per heavy atom. The maximum Gasteiger partial charge on any atom is 0.145 e. The van der Waals surface area contributed by atoms with E-state index in [4.69, 9.17) is 0 Å². The lowest BCUT2D eigenvalue weighted by atomic mass is 9.96. The molecule has 0 amide bonds. The van der Waals surface area contributed by atoms with Crippen molar-refractivity contribution in [3.63, 3.8) is 0 Å². The molecule has 0 bridgehead atoms. The molecular formula is C12H3N9. The molecule has 0 spiro atoms. The van der Waals surface area contributed by atoms with E-state index < -0.39 is 0 Å². The van der Waals surface area contributed by atoms with Crippen molar-refractivity contribution in [1.29, 1.82) is 0 Å². The zero-order valence-electron chi connectivity index (χ0n) is 10.3. The second-order valence-corrected chi connectivity index (χ2v) is 4.86. The molecule has 2 aromatic heterocycles. The minimum atomic E-state index is 0.751. The fourth-order valence-electron chi connectivity index (χ4n) is 2.71. The van der Waals surface area contributed by atoms with E-state index in [1.807, 2.05) is 18.2 Å². The molecule has 21 heavy (non-hydrogen) atoms. The summed E-state index contributed by atoms with van der Waals surface area (Å²) in [5.41, 5.74) is 7.40. The number of fused-ring (bicyclic) bond motifs is 4. The third-order valence-corrected chi connectivity index (χ3v) is 3.79. The third kappa shape index (κ3) is 0.970. The van der Waals surface area contributed by atoms with Gasteiger partial charge in [0.25, 0.3) is 0 Å². The number of hydrogen-bond acceptors (Lipinski definition) is 9. The summed E-state index contributed by atoms with van der Waals surface area (Å²) in [5, 5.41) is 33.8. The second kappa shape index (κ2) is 2.87. The first-order valence-corrected chi connectivity index (χ1v) is 6.26. The normalized spacial score (nSPS) is 15.1. The van der Waals surface area contributed by atoms with Crippen molar-refractivity contribution in [2.45, 2.75) is 0 Å². The molecule has 0 saturated carbocycles. The van der Waals surface area contributed by atoms with Gasteiger partial charge in [-0.05, 0) is 16.5 Å². The fourth-order valence-corrected chi connectivity index (χ4v) is 2.71. The molecule has 0 saturated heterocycles. The molecule has 6 rings (SSSR count). The molecule has 2 aliphatic rings. The highest BCUT2D eigenvalue weighted by Gasteiger charge is 2.33. The van der Waals surface area contributed by atoms with E-state index in [9.17, 15) is 0 Å². The Labute approximate surface area is 115 Å². The van der Waals surface area contributed by atoms with Crippen LogP contribution in [0.15, 0.2) is 38.9 Å². The lowest BCUT2D eigenvalue weighted by Crippen LogP contribution is -2.07. The summed E-state index contributed by atoms with van der Waals surface area (Å²) in [6, 6.07) is 5.85. The Bertz CT molecular complexity index is 1090. The second-order valence-electron chi connectivity index (χ2n) is 4.86. The van der Waals surface area contributed by atoms with Gasteiger partial charge < -0.3 is 0 Å². The van der Waals surface area contributed by atoms with Crippen molar-refractivity contribution < 1.29 is 0 Å². The van der Waals surface area contributed by atoms with Crippen LogP contribution in [0, 0.1) is 0 Å². The standard InChI is InChI=1S/C12H3N9/c1-2-4(7-5(3-1)13-14-7)6-8-9(16-15-8)10-11(18-17-10)12(6)21-19-20-21/h1-3H. The molecule has 0 atom stereocenters. The third-order valence-electron chi connectivity index (χ3n) is 3.79. The van der Waals surface area contributed by atoms with E-state index in [1.165, 1.54) is 5.12 Å². The first kappa shape index (κ1) is 9.53. The number of benzene rings is 2. The Morgan fingerprint density at radius 1 is 0.762 bits per heavy atom. The first-order valence-electron chi connectivity index (χ1n) is 6.26. The molecule has 9 heteroatoms. The topological polar surface area (TPSA) is 104 Å². The molecule has 4 heterocycles. The molecule has 0 N–H and O–H groups in total. The average Bonchev–Trinajstić information content (AvgIpc) is 3.21. The first-order chi connectivity index (χ1) is 10.4. The molecule has 0 aliphatic carbocycles. The molecule has 0 radical (unpaired) electrons. The van der Waals surface area contributed by atoms with Crippen molar-refractivity contribution in [3.05, 3.63) is 18.2 Å². The van der Waals surface area contributed by atoms with Gasteiger partial charge in [0.2, 0.25) is 0 Å². The predicted molar refractivity (Wildman–Crippen MR) is 72.0 cm³/mol. The molecular weight excluding hydrogens is 270 g/mol. The van der Waals surface area contributed by atoms with Gasteiger partial charge in [0.05, 0.1) is 0 Å². The summed E-state index contributed by atoms with van der Waals surface area (Å²) in [7, 11) is 0. The van der Waals surface area contributed by atoms with Crippen LogP contribution >= 0.6 is 0 Å². The van der Waals surface area contributed by atoms with Gasteiger partial charge >= 0.3 is 0 Å². The van der Waals surface area contributed by atoms with Crippen molar-refractivity contribution in [1.82, 2.24) is 20.4 Å². The number of rotatable bonds is 2. The monoisotopic (exact) mass is 273 g/mol. The van der Waals surface area contributed by atoms with Crippen LogP contribution in [0.5, 0.6) is 0 Å². The Hall–Kier alpha value is -3.36. The van der Waals surface area contributed by atoms with Gasteiger partial charge in [0, 0.05) is 11.1 Å². The van der Waals surface area contributed by atoms with E-state index in [2.05, 4.69) is 41.1 Å². The molecule has 2 aromatic carbocycles. The van der Waals surface area contributed by atoms with Gasteiger partial charge in [-0.2, -0.15) is 0 Å². The molecule has 0 unspecified atom stereocenters. The maximum atomic E-state index is 4.15. The molecule has 4 aromatic rings. The van der Waals surface area contributed by atoms with Crippen molar-refractivity contribution in [2.75, 3.05) is 5.12 Å². The van der Waals surface area contributed by atoms with E-state index in [0.29, 0.717) is 0 Å². The van der Waals surface area contributed by atoms with Crippen LogP contribution in [0.25, 0.3) is 33.2 Å². The summed E-state index contributed by atoms with van der Waals surface area (Å²) >= 11 is 0. The average molecular weight is 273 g/mol. The number of hydrogen-bond donors (Lipinski definition) is 0. The van der Waals surface area contributed by atoms with Crippen LogP contribution in [0.3, 0.4) is 0 Å². The van der Waals surface area contributed by atoms with Gasteiger partial charge in [0.1, 0.15) is 39.1 Å². The van der Waals surface area contributed by atoms with Gasteiger partial charge in [-0.25, -0.2) is 0 Å². The highest BCUT2D eigenvalue weighted by atomic mass is 15.9. The molecule has 0 fully saturated rings. The number of aromatic nitrogens is 4. The molecule has 2 aliphatic heterocycles. The van der Waals surface area contributed by atoms with Crippen molar-refractivity contribution in [2.24, 2.45) is 20.7 Å². The predicted octanol–water partition coefficient (Wildman–Crippen LogP) is 2.95. The Balaban J connectivity index is 1.78. The van der Waals surface area contributed by atoms with E-state index in [1.54, 1.807) is 0 Å². The fraction of sp³-hybridized carbons (Fsp3) is 0. The summed E-state index contributed by atoms with van der Waals surface area (Å²) in [5.74, 6) is 0.